The number of carbonyl (C=O) groups excluding carboxylic acids is 1. The van der Waals surface area contributed by atoms with Crippen LogP contribution in [0.15, 0.2) is 23.0 Å². The van der Waals surface area contributed by atoms with Crippen molar-refractivity contribution in [2.75, 3.05) is 0 Å². The minimum atomic E-state index is -0.304. The molecule has 1 aromatic carbocycles. The number of rotatable bonds is 4. The van der Waals surface area contributed by atoms with Gasteiger partial charge in [0.05, 0.1) is 6.54 Å². The molecule has 0 aliphatic carbocycles. The van der Waals surface area contributed by atoms with Crippen LogP contribution >= 0.6 is 0 Å². The van der Waals surface area contributed by atoms with E-state index in [0.717, 1.165) is 11.1 Å². The van der Waals surface area contributed by atoms with Crippen LogP contribution in [0.25, 0.3) is 0 Å². The van der Waals surface area contributed by atoms with E-state index in [1.54, 1.807) is 12.1 Å². The van der Waals surface area contributed by atoms with Gasteiger partial charge in [0.1, 0.15) is 6.61 Å². The third kappa shape index (κ3) is 2.55. The highest BCUT2D eigenvalue weighted by molar-refractivity contribution is 5.94. The Balaban J connectivity index is 2.47. The van der Waals surface area contributed by atoms with Crippen molar-refractivity contribution in [3.05, 3.63) is 51.2 Å². The molecule has 1 N–H and O–H groups in total. The van der Waals surface area contributed by atoms with E-state index in [4.69, 9.17) is 0 Å². The van der Waals surface area contributed by atoms with Gasteiger partial charge < -0.3 is 5.11 Å². The average Bonchev–Trinajstić information content (AvgIpc) is 2.68. The van der Waals surface area contributed by atoms with Crippen LogP contribution in [0.5, 0.6) is 0 Å². The molecular formula is C14H17N3O3. The van der Waals surface area contributed by atoms with Crippen LogP contribution in [0.3, 0.4) is 0 Å². The number of nitrogens with zero attached hydrogens (tertiary/aromatic N) is 3. The SMILES string of the molecule is CC(=O)c1ccc(C)c(Cn2c(CO)nn(C)c2=O)c1. The van der Waals surface area contributed by atoms with E-state index in [1.807, 2.05) is 13.0 Å². The van der Waals surface area contributed by atoms with Crippen molar-refractivity contribution in [1.82, 2.24) is 14.3 Å². The maximum atomic E-state index is 12.0. The molecule has 2 rings (SSSR count). The summed E-state index contributed by atoms with van der Waals surface area (Å²) in [6.45, 7) is 3.40. The van der Waals surface area contributed by atoms with Crippen molar-refractivity contribution < 1.29 is 9.90 Å². The second-order valence-electron chi connectivity index (χ2n) is 4.76. The molecule has 0 saturated carbocycles. The summed E-state index contributed by atoms with van der Waals surface area (Å²) in [7, 11) is 1.54. The number of ketones is 1. The first-order valence-corrected chi connectivity index (χ1v) is 6.28. The van der Waals surface area contributed by atoms with Crippen molar-refractivity contribution in [3.63, 3.8) is 0 Å². The van der Waals surface area contributed by atoms with Gasteiger partial charge in [0.15, 0.2) is 11.6 Å². The molecule has 0 fully saturated rings. The van der Waals surface area contributed by atoms with E-state index >= 15 is 0 Å². The molecule has 20 heavy (non-hydrogen) atoms. The smallest absolute Gasteiger partial charge is 0.346 e. The number of Topliss-reactive ketones (excluding diaryl/α,β-unsaturated/α-hetero) is 1. The molecule has 1 heterocycles. The Morgan fingerprint density at radius 1 is 1.40 bits per heavy atom. The lowest BCUT2D eigenvalue weighted by Gasteiger charge is -2.09. The summed E-state index contributed by atoms with van der Waals surface area (Å²) in [6, 6.07) is 5.39. The maximum Gasteiger partial charge on any atom is 0.346 e. The molecule has 0 radical (unpaired) electrons. The van der Waals surface area contributed by atoms with Gasteiger partial charge in [0, 0.05) is 12.6 Å². The highest BCUT2D eigenvalue weighted by Gasteiger charge is 2.12. The van der Waals surface area contributed by atoms with Gasteiger partial charge in [-0.05, 0) is 31.0 Å². The van der Waals surface area contributed by atoms with Gasteiger partial charge in [-0.3, -0.25) is 9.36 Å². The average molecular weight is 275 g/mol. The summed E-state index contributed by atoms with van der Waals surface area (Å²) in [5.41, 5.74) is 2.16. The fraction of sp³-hybridized carbons (Fsp3) is 0.357. The molecule has 0 aliphatic rings. The zero-order valence-corrected chi connectivity index (χ0v) is 11.8. The zero-order chi connectivity index (χ0) is 14.9. The molecule has 0 bridgehead atoms. The fourth-order valence-electron chi connectivity index (χ4n) is 2.06. The number of aryl methyl sites for hydroxylation is 2. The number of benzene rings is 1. The Bertz CT molecular complexity index is 713. The summed E-state index contributed by atoms with van der Waals surface area (Å²) >= 11 is 0. The number of carbonyl (C=O) groups is 1. The van der Waals surface area contributed by atoms with Gasteiger partial charge >= 0.3 is 5.69 Å². The van der Waals surface area contributed by atoms with Gasteiger partial charge in [0.2, 0.25) is 0 Å². The second-order valence-corrected chi connectivity index (χ2v) is 4.76. The van der Waals surface area contributed by atoms with Crippen molar-refractivity contribution in [3.8, 4) is 0 Å². The minimum absolute atomic E-state index is 0.0211. The van der Waals surface area contributed by atoms with Crippen LogP contribution in [-0.2, 0) is 20.2 Å². The molecule has 6 heteroatoms. The van der Waals surface area contributed by atoms with Crippen molar-refractivity contribution in [1.29, 1.82) is 0 Å². The van der Waals surface area contributed by atoms with E-state index in [9.17, 15) is 14.7 Å². The highest BCUT2D eigenvalue weighted by Crippen LogP contribution is 2.13. The first kappa shape index (κ1) is 14.2. The molecule has 0 atom stereocenters. The lowest BCUT2D eigenvalue weighted by molar-refractivity contribution is 0.101. The summed E-state index contributed by atoms with van der Waals surface area (Å²) in [6.07, 6.45) is 0. The number of aliphatic hydroxyl groups is 1. The molecule has 6 nitrogen and oxygen atoms in total. The summed E-state index contributed by atoms with van der Waals surface area (Å²) in [5.74, 6) is 0.289. The van der Waals surface area contributed by atoms with E-state index in [0.29, 0.717) is 11.4 Å². The Labute approximate surface area is 116 Å². The normalized spacial score (nSPS) is 10.8. The molecule has 106 valence electrons. The molecule has 0 amide bonds. The standard InChI is InChI=1S/C14H17N3O3/c1-9-4-5-11(10(2)19)6-12(9)7-17-13(8-18)15-16(3)14(17)20/h4-6,18H,7-8H2,1-3H3. The largest absolute Gasteiger partial charge is 0.388 e. The Morgan fingerprint density at radius 2 is 2.10 bits per heavy atom. The number of aliphatic hydroxyl groups excluding tert-OH is 1. The third-order valence-electron chi connectivity index (χ3n) is 3.31. The van der Waals surface area contributed by atoms with Crippen LogP contribution in [0, 0.1) is 6.92 Å². The van der Waals surface area contributed by atoms with Gasteiger partial charge in [-0.15, -0.1) is 0 Å². The van der Waals surface area contributed by atoms with E-state index in [2.05, 4.69) is 5.10 Å². The molecular weight excluding hydrogens is 258 g/mol. The van der Waals surface area contributed by atoms with E-state index in [1.165, 1.54) is 23.2 Å². The van der Waals surface area contributed by atoms with Gasteiger partial charge in [-0.1, -0.05) is 12.1 Å². The lowest BCUT2D eigenvalue weighted by Crippen LogP contribution is -2.24. The van der Waals surface area contributed by atoms with Crippen LogP contribution < -0.4 is 5.69 Å². The Morgan fingerprint density at radius 3 is 2.70 bits per heavy atom. The molecule has 1 aromatic heterocycles. The molecule has 0 unspecified atom stereocenters. The maximum absolute atomic E-state index is 12.0. The Kier molecular flexibility index (Phi) is 3.85. The minimum Gasteiger partial charge on any atom is -0.388 e. The number of aromatic nitrogens is 3. The monoisotopic (exact) mass is 275 g/mol. The fourth-order valence-corrected chi connectivity index (χ4v) is 2.06. The lowest BCUT2D eigenvalue weighted by atomic mass is 10.0. The van der Waals surface area contributed by atoms with Crippen molar-refractivity contribution in [2.45, 2.75) is 27.0 Å². The predicted octanol–water partition coefficient (Wildman–Crippen LogP) is 0.633. The van der Waals surface area contributed by atoms with Gasteiger partial charge in [0.25, 0.3) is 0 Å². The van der Waals surface area contributed by atoms with Crippen molar-refractivity contribution >= 4 is 5.78 Å². The molecule has 0 aliphatic heterocycles. The van der Waals surface area contributed by atoms with E-state index < -0.39 is 0 Å². The third-order valence-corrected chi connectivity index (χ3v) is 3.31. The van der Waals surface area contributed by atoms with E-state index in [-0.39, 0.29) is 24.6 Å². The molecule has 0 saturated heterocycles. The first-order valence-electron chi connectivity index (χ1n) is 6.28. The Hall–Kier alpha value is -2.21. The van der Waals surface area contributed by atoms with Crippen molar-refractivity contribution in [2.24, 2.45) is 7.05 Å². The van der Waals surface area contributed by atoms with Crippen LogP contribution in [-0.4, -0.2) is 25.2 Å². The number of hydrogen-bond donors (Lipinski definition) is 1. The summed E-state index contributed by atoms with van der Waals surface area (Å²) in [4.78, 5) is 23.4. The predicted molar refractivity (Wildman–Crippen MR) is 73.7 cm³/mol. The quantitative estimate of drug-likeness (QED) is 0.830. The van der Waals surface area contributed by atoms with Gasteiger partial charge in [-0.2, -0.15) is 5.10 Å². The molecule has 0 spiro atoms. The van der Waals surface area contributed by atoms with Gasteiger partial charge in [-0.25, -0.2) is 9.48 Å². The zero-order valence-electron chi connectivity index (χ0n) is 11.8. The van der Waals surface area contributed by atoms with Crippen LogP contribution in [0.4, 0.5) is 0 Å². The molecule has 2 aromatic rings. The second kappa shape index (κ2) is 5.42. The highest BCUT2D eigenvalue weighted by atomic mass is 16.3. The first-order chi connectivity index (χ1) is 9.43. The topological polar surface area (TPSA) is 77.1 Å². The number of hydrogen-bond acceptors (Lipinski definition) is 4. The summed E-state index contributed by atoms with van der Waals surface area (Å²) in [5, 5.41) is 13.2. The summed E-state index contributed by atoms with van der Waals surface area (Å²) < 4.78 is 2.60. The van der Waals surface area contributed by atoms with Crippen LogP contribution in [0.1, 0.15) is 34.2 Å². The van der Waals surface area contributed by atoms with Crippen LogP contribution in [0.2, 0.25) is 0 Å².